The molecule has 0 bridgehead atoms. The molecule has 0 radical (unpaired) electrons. The van der Waals surface area contributed by atoms with Crippen molar-refractivity contribution in [3.05, 3.63) is 53.6 Å². The fraction of sp³-hybridized carbons (Fsp3) is 0.417. The Morgan fingerprint density at radius 1 is 1.07 bits per heavy atom. The average Bonchev–Trinajstić information content (AvgIpc) is 2.72. The number of carbonyl (C=O) groups is 2. The van der Waals surface area contributed by atoms with E-state index < -0.39 is 0 Å². The maximum absolute atomic E-state index is 13.2. The van der Waals surface area contributed by atoms with Crippen molar-refractivity contribution in [2.24, 2.45) is 0 Å². The Labute approximate surface area is 173 Å². The van der Waals surface area contributed by atoms with Gasteiger partial charge in [0.15, 0.2) is 0 Å². The van der Waals surface area contributed by atoms with Gasteiger partial charge < -0.3 is 14.7 Å². The number of benzene rings is 2. The fourth-order valence-electron chi connectivity index (χ4n) is 4.11. The van der Waals surface area contributed by atoms with E-state index in [4.69, 9.17) is 0 Å². The maximum Gasteiger partial charge on any atom is 0.247 e. The molecular weight excluding hydrogens is 362 g/mol. The van der Waals surface area contributed by atoms with Crippen LogP contribution in [0.4, 0.5) is 17.1 Å². The summed E-state index contributed by atoms with van der Waals surface area (Å²) in [5, 5.41) is 0. The van der Waals surface area contributed by atoms with E-state index in [1.54, 1.807) is 4.90 Å². The van der Waals surface area contributed by atoms with Gasteiger partial charge in [0.25, 0.3) is 0 Å². The van der Waals surface area contributed by atoms with E-state index in [2.05, 4.69) is 30.9 Å². The molecule has 154 valence electrons. The number of para-hydroxylation sites is 1. The Hall–Kier alpha value is -2.82. The van der Waals surface area contributed by atoms with Crippen LogP contribution in [0, 0.1) is 6.92 Å². The molecule has 1 heterocycles. The van der Waals surface area contributed by atoms with E-state index in [1.165, 1.54) is 12.5 Å². The van der Waals surface area contributed by atoms with E-state index >= 15 is 0 Å². The third-order valence-corrected chi connectivity index (χ3v) is 5.68. The Kier molecular flexibility index (Phi) is 6.57. The van der Waals surface area contributed by atoms with Gasteiger partial charge in [0, 0.05) is 43.6 Å². The molecule has 3 rings (SSSR count). The lowest BCUT2D eigenvalue weighted by Gasteiger charge is -2.32. The first-order valence-electron chi connectivity index (χ1n) is 10.5. The molecule has 0 atom stereocenters. The molecule has 0 aliphatic carbocycles. The first-order chi connectivity index (χ1) is 14.0. The number of rotatable bonds is 6. The standard InChI is InChI=1S/C24H31N3O2/c1-5-25(6-2)21-13-14-22(18(3)16-21)27(19(4)28)17-24(29)26-15-9-11-20-10-7-8-12-23(20)26/h7-8,10,12-14,16H,5-6,9,11,15,17H2,1-4H3. The molecule has 5 nitrogen and oxygen atoms in total. The van der Waals surface area contributed by atoms with Crippen molar-refractivity contribution in [3.8, 4) is 0 Å². The summed E-state index contributed by atoms with van der Waals surface area (Å²) in [7, 11) is 0. The minimum atomic E-state index is -0.123. The lowest BCUT2D eigenvalue weighted by molar-refractivity contribution is -0.121. The van der Waals surface area contributed by atoms with Crippen molar-refractivity contribution in [3.63, 3.8) is 0 Å². The van der Waals surface area contributed by atoms with E-state index in [1.807, 2.05) is 42.2 Å². The molecule has 0 saturated heterocycles. The van der Waals surface area contributed by atoms with Crippen LogP contribution in [0.1, 0.15) is 38.3 Å². The van der Waals surface area contributed by atoms with Crippen LogP contribution < -0.4 is 14.7 Å². The molecule has 5 heteroatoms. The number of hydrogen-bond donors (Lipinski definition) is 0. The summed E-state index contributed by atoms with van der Waals surface area (Å²) in [4.78, 5) is 31.3. The predicted molar refractivity (Wildman–Crippen MR) is 120 cm³/mol. The van der Waals surface area contributed by atoms with Crippen molar-refractivity contribution < 1.29 is 9.59 Å². The van der Waals surface area contributed by atoms with Gasteiger partial charge in [0.1, 0.15) is 6.54 Å². The summed E-state index contributed by atoms with van der Waals surface area (Å²) in [5.74, 6) is -0.165. The van der Waals surface area contributed by atoms with Gasteiger partial charge in [0.2, 0.25) is 11.8 Å². The normalized spacial score (nSPS) is 13.0. The summed E-state index contributed by atoms with van der Waals surface area (Å²) in [6.45, 7) is 10.4. The summed E-state index contributed by atoms with van der Waals surface area (Å²) < 4.78 is 0. The highest BCUT2D eigenvalue weighted by molar-refractivity contribution is 6.04. The van der Waals surface area contributed by atoms with Gasteiger partial charge in [-0.3, -0.25) is 9.59 Å². The summed E-state index contributed by atoms with van der Waals surface area (Å²) in [5.41, 5.74) is 5.10. The minimum absolute atomic E-state index is 0.0421. The third-order valence-electron chi connectivity index (χ3n) is 5.68. The van der Waals surface area contributed by atoms with Gasteiger partial charge in [-0.25, -0.2) is 0 Å². The molecule has 0 unspecified atom stereocenters. The minimum Gasteiger partial charge on any atom is -0.372 e. The number of anilines is 3. The predicted octanol–water partition coefficient (Wildman–Crippen LogP) is 4.17. The van der Waals surface area contributed by atoms with Gasteiger partial charge in [-0.15, -0.1) is 0 Å². The Bertz CT molecular complexity index is 889. The molecule has 29 heavy (non-hydrogen) atoms. The quantitative estimate of drug-likeness (QED) is 0.740. The van der Waals surface area contributed by atoms with E-state index in [9.17, 15) is 9.59 Å². The number of hydrogen-bond acceptors (Lipinski definition) is 3. The molecule has 0 aromatic heterocycles. The number of fused-ring (bicyclic) bond motifs is 1. The molecule has 1 aliphatic rings. The lowest BCUT2D eigenvalue weighted by atomic mass is 10.0. The van der Waals surface area contributed by atoms with E-state index in [0.717, 1.165) is 48.6 Å². The van der Waals surface area contributed by atoms with Crippen molar-refractivity contribution in [1.82, 2.24) is 0 Å². The first-order valence-corrected chi connectivity index (χ1v) is 10.5. The van der Waals surface area contributed by atoms with Gasteiger partial charge in [-0.05, 0) is 69.0 Å². The second-order valence-corrected chi connectivity index (χ2v) is 7.53. The van der Waals surface area contributed by atoms with Crippen molar-refractivity contribution in [2.75, 3.05) is 40.9 Å². The number of aryl methyl sites for hydroxylation is 2. The third kappa shape index (κ3) is 4.44. The average molecular weight is 394 g/mol. The highest BCUT2D eigenvalue weighted by Gasteiger charge is 2.26. The van der Waals surface area contributed by atoms with E-state index in [0.29, 0.717) is 6.54 Å². The molecule has 2 amide bonds. The van der Waals surface area contributed by atoms with Crippen LogP contribution >= 0.6 is 0 Å². The molecule has 2 aromatic rings. The van der Waals surface area contributed by atoms with Gasteiger partial charge in [-0.1, -0.05) is 18.2 Å². The maximum atomic E-state index is 13.2. The van der Waals surface area contributed by atoms with Gasteiger partial charge in [0.05, 0.1) is 0 Å². The van der Waals surface area contributed by atoms with Crippen LogP contribution in [0.3, 0.4) is 0 Å². The fourth-order valence-corrected chi connectivity index (χ4v) is 4.11. The molecule has 1 aliphatic heterocycles. The van der Waals surface area contributed by atoms with Crippen LogP contribution in [0.25, 0.3) is 0 Å². The van der Waals surface area contributed by atoms with Crippen molar-refractivity contribution in [2.45, 2.75) is 40.5 Å². The van der Waals surface area contributed by atoms with Gasteiger partial charge >= 0.3 is 0 Å². The molecule has 2 aromatic carbocycles. The largest absolute Gasteiger partial charge is 0.372 e. The van der Waals surface area contributed by atoms with Crippen molar-refractivity contribution >= 4 is 28.9 Å². The zero-order valence-electron chi connectivity index (χ0n) is 17.9. The van der Waals surface area contributed by atoms with E-state index in [-0.39, 0.29) is 18.4 Å². The number of amides is 2. The van der Waals surface area contributed by atoms with Crippen LogP contribution in [0.5, 0.6) is 0 Å². The van der Waals surface area contributed by atoms with Crippen LogP contribution in [-0.4, -0.2) is 38.0 Å². The summed E-state index contributed by atoms with van der Waals surface area (Å²) in [6, 6.07) is 14.1. The van der Waals surface area contributed by atoms with Crippen molar-refractivity contribution in [1.29, 1.82) is 0 Å². The number of carbonyl (C=O) groups excluding carboxylic acids is 2. The number of nitrogens with zero attached hydrogens (tertiary/aromatic N) is 3. The zero-order chi connectivity index (χ0) is 21.0. The van der Waals surface area contributed by atoms with Crippen LogP contribution in [0.2, 0.25) is 0 Å². The lowest BCUT2D eigenvalue weighted by Crippen LogP contribution is -2.44. The topological polar surface area (TPSA) is 43.9 Å². The Balaban J connectivity index is 1.85. The highest BCUT2D eigenvalue weighted by Crippen LogP contribution is 2.29. The Morgan fingerprint density at radius 3 is 2.45 bits per heavy atom. The summed E-state index contributed by atoms with van der Waals surface area (Å²) in [6.07, 6.45) is 1.93. The summed E-state index contributed by atoms with van der Waals surface area (Å²) >= 11 is 0. The molecule has 0 N–H and O–H groups in total. The second kappa shape index (κ2) is 9.12. The zero-order valence-corrected chi connectivity index (χ0v) is 17.9. The highest BCUT2D eigenvalue weighted by atomic mass is 16.2. The molecule has 0 fully saturated rings. The Morgan fingerprint density at radius 2 is 1.79 bits per heavy atom. The monoisotopic (exact) mass is 393 g/mol. The smallest absolute Gasteiger partial charge is 0.247 e. The first kappa shape index (κ1) is 20.9. The van der Waals surface area contributed by atoms with Crippen LogP contribution in [-0.2, 0) is 16.0 Å². The molecular formula is C24H31N3O2. The molecule has 0 spiro atoms. The van der Waals surface area contributed by atoms with Gasteiger partial charge in [-0.2, -0.15) is 0 Å². The second-order valence-electron chi connectivity index (χ2n) is 7.53. The SMILES string of the molecule is CCN(CC)c1ccc(N(CC(=O)N2CCCc3ccccc32)C(C)=O)c(C)c1. The van der Waals surface area contributed by atoms with Crippen LogP contribution in [0.15, 0.2) is 42.5 Å². The molecule has 0 saturated carbocycles.